The van der Waals surface area contributed by atoms with Gasteiger partial charge in [-0.25, -0.2) is 0 Å². The summed E-state index contributed by atoms with van der Waals surface area (Å²) in [5.41, 5.74) is 8.37. The normalized spacial score (nSPS) is 11.8. The first-order chi connectivity index (χ1) is 12.2. The van der Waals surface area contributed by atoms with Crippen LogP contribution in [0.2, 0.25) is 0 Å². The summed E-state index contributed by atoms with van der Waals surface area (Å²) >= 11 is 0. The van der Waals surface area contributed by atoms with Crippen LogP contribution in [0.5, 0.6) is 17.2 Å². The Bertz CT molecular complexity index is 657. The van der Waals surface area contributed by atoms with Gasteiger partial charge in [-0.1, -0.05) is 37.6 Å². The molecule has 0 bridgehead atoms. The van der Waals surface area contributed by atoms with Crippen LogP contribution in [0.4, 0.5) is 0 Å². The molecular weight excluding hydrogens is 314 g/mol. The molecule has 1 atom stereocenters. The molecule has 4 heteroatoms. The average Bonchev–Trinajstić information content (AvgIpc) is 2.66. The van der Waals surface area contributed by atoms with Gasteiger partial charge in [-0.15, -0.1) is 0 Å². The zero-order valence-electron chi connectivity index (χ0n) is 15.5. The lowest BCUT2D eigenvalue weighted by Crippen LogP contribution is -2.16. The second-order valence-corrected chi connectivity index (χ2v) is 6.07. The predicted octanol–water partition coefficient (Wildman–Crippen LogP) is 4.17. The van der Waals surface area contributed by atoms with E-state index in [9.17, 15) is 0 Å². The lowest BCUT2D eigenvalue weighted by molar-refractivity contribution is 0.288. The van der Waals surface area contributed by atoms with Crippen molar-refractivity contribution in [3.8, 4) is 17.2 Å². The third kappa shape index (κ3) is 5.13. The van der Waals surface area contributed by atoms with Crippen molar-refractivity contribution in [1.29, 1.82) is 0 Å². The maximum Gasteiger partial charge on any atom is 0.161 e. The van der Waals surface area contributed by atoms with Crippen LogP contribution in [0.15, 0.2) is 42.5 Å². The van der Waals surface area contributed by atoms with Gasteiger partial charge in [0.2, 0.25) is 0 Å². The number of benzene rings is 2. The fourth-order valence-corrected chi connectivity index (χ4v) is 2.90. The highest BCUT2D eigenvalue weighted by Gasteiger charge is 2.16. The fourth-order valence-electron chi connectivity index (χ4n) is 2.90. The van der Waals surface area contributed by atoms with Gasteiger partial charge in [-0.2, -0.15) is 0 Å². The molecule has 2 aromatic carbocycles. The SMILES string of the molecule is CCCCOc1cc(CC(CN)c2ccccc2OC)ccc1OC. The average molecular weight is 343 g/mol. The zero-order chi connectivity index (χ0) is 18.1. The van der Waals surface area contributed by atoms with Gasteiger partial charge in [0.05, 0.1) is 20.8 Å². The standard InChI is InChI=1S/C21H29NO3/c1-4-5-12-25-21-14-16(10-11-20(21)24-3)13-17(15-22)18-8-6-7-9-19(18)23-2/h6-11,14,17H,4-5,12-13,15,22H2,1-3H3. The highest BCUT2D eigenvalue weighted by molar-refractivity contribution is 5.44. The van der Waals surface area contributed by atoms with Crippen molar-refractivity contribution < 1.29 is 14.2 Å². The molecule has 2 N–H and O–H groups in total. The van der Waals surface area contributed by atoms with Crippen molar-refractivity contribution in [2.45, 2.75) is 32.1 Å². The Morgan fingerprint density at radius 2 is 1.72 bits per heavy atom. The van der Waals surface area contributed by atoms with Crippen LogP contribution in [-0.2, 0) is 6.42 Å². The van der Waals surface area contributed by atoms with Crippen LogP contribution in [0.25, 0.3) is 0 Å². The van der Waals surface area contributed by atoms with Gasteiger partial charge in [0.1, 0.15) is 5.75 Å². The van der Waals surface area contributed by atoms with Gasteiger partial charge in [0, 0.05) is 5.92 Å². The monoisotopic (exact) mass is 343 g/mol. The number of para-hydroxylation sites is 1. The summed E-state index contributed by atoms with van der Waals surface area (Å²) in [7, 11) is 3.36. The first-order valence-corrected chi connectivity index (χ1v) is 8.86. The summed E-state index contributed by atoms with van der Waals surface area (Å²) in [6, 6.07) is 14.2. The lowest BCUT2D eigenvalue weighted by Gasteiger charge is -2.19. The fraction of sp³-hybridized carbons (Fsp3) is 0.429. The van der Waals surface area contributed by atoms with E-state index in [0.29, 0.717) is 13.2 Å². The Morgan fingerprint density at radius 1 is 0.960 bits per heavy atom. The molecule has 0 aliphatic carbocycles. The molecule has 0 spiro atoms. The Hall–Kier alpha value is -2.20. The zero-order valence-corrected chi connectivity index (χ0v) is 15.5. The molecule has 0 saturated carbocycles. The topological polar surface area (TPSA) is 53.7 Å². The van der Waals surface area contributed by atoms with E-state index >= 15 is 0 Å². The van der Waals surface area contributed by atoms with E-state index in [0.717, 1.165) is 42.1 Å². The summed E-state index contributed by atoms with van der Waals surface area (Å²) in [6.45, 7) is 3.40. The van der Waals surface area contributed by atoms with Crippen LogP contribution in [-0.4, -0.2) is 27.4 Å². The van der Waals surface area contributed by atoms with Crippen molar-refractivity contribution in [1.82, 2.24) is 0 Å². The summed E-state index contributed by atoms with van der Waals surface area (Å²) in [5, 5.41) is 0. The summed E-state index contributed by atoms with van der Waals surface area (Å²) < 4.78 is 16.8. The number of hydrogen-bond donors (Lipinski definition) is 1. The number of rotatable bonds is 10. The molecule has 4 nitrogen and oxygen atoms in total. The molecule has 1 unspecified atom stereocenters. The molecule has 25 heavy (non-hydrogen) atoms. The number of nitrogens with two attached hydrogens (primary N) is 1. The van der Waals surface area contributed by atoms with Gasteiger partial charge in [0.15, 0.2) is 11.5 Å². The Morgan fingerprint density at radius 3 is 2.40 bits per heavy atom. The Labute approximate surface area is 150 Å². The van der Waals surface area contributed by atoms with E-state index < -0.39 is 0 Å². The molecule has 0 radical (unpaired) electrons. The molecule has 0 aliphatic rings. The van der Waals surface area contributed by atoms with Crippen molar-refractivity contribution in [2.75, 3.05) is 27.4 Å². The van der Waals surface area contributed by atoms with Crippen LogP contribution in [0, 0.1) is 0 Å². The molecule has 2 rings (SSSR count). The minimum atomic E-state index is 0.188. The van der Waals surface area contributed by atoms with E-state index in [-0.39, 0.29) is 5.92 Å². The smallest absolute Gasteiger partial charge is 0.161 e. The van der Waals surface area contributed by atoms with Gasteiger partial charge in [-0.3, -0.25) is 0 Å². The highest BCUT2D eigenvalue weighted by Crippen LogP contribution is 2.32. The van der Waals surface area contributed by atoms with Gasteiger partial charge in [0.25, 0.3) is 0 Å². The lowest BCUT2D eigenvalue weighted by atomic mass is 9.91. The van der Waals surface area contributed by atoms with Crippen molar-refractivity contribution in [3.63, 3.8) is 0 Å². The third-order valence-corrected chi connectivity index (χ3v) is 4.33. The quantitative estimate of drug-likeness (QED) is 0.658. The first-order valence-electron chi connectivity index (χ1n) is 8.86. The molecule has 0 heterocycles. The third-order valence-electron chi connectivity index (χ3n) is 4.33. The number of ether oxygens (including phenoxy) is 3. The number of methoxy groups -OCH3 is 2. The highest BCUT2D eigenvalue weighted by atomic mass is 16.5. The molecular formula is C21H29NO3. The molecule has 0 saturated heterocycles. The molecule has 0 aromatic heterocycles. The van der Waals surface area contributed by atoms with E-state index in [2.05, 4.69) is 25.1 Å². The second kappa shape index (κ2) is 9.94. The second-order valence-electron chi connectivity index (χ2n) is 6.07. The minimum Gasteiger partial charge on any atom is -0.496 e. The van der Waals surface area contributed by atoms with E-state index in [4.69, 9.17) is 19.9 Å². The van der Waals surface area contributed by atoms with Crippen molar-refractivity contribution >= 4 is 0 Å². The molecule has 0 amide bonds. The number of unbranched alkanes of at least 4 members (excludes halogenated alkanes) is 1. The molecule has 0 fully saturated rings. The number of hydrogen-bond acceptors (Lipinski definition) is 4. The minimum absolute atomic E-state index is 0.188. The summed E-state index contributed by atoms with van der Waals surface area (Å²) in [5.74, 6) is 2.63. The predicted molar refractivity (Wildman–Crippen MR) is 102 cm³/mol. The molecule has 2 aromatic rings. The first kappa shape index (κ1) is 19.1. The molecule has 136 valence electrons. The van der Waals surface area contributed by atoms with E-state index in [1.807, 2.05) is 24.3 Å². The summed E-state index contributed by atoms with van der Waals surface area (Å²) in [6.07, 6.45) is 2.95. The maximum absolute atomic E-state index is 6.06. The van der Waals surface area contributed by atoms with Crippen LogP contribution in [0.1, 0.15) is 36.8 Å². The Balaban J connectivity index is 2.20. The van der Waals surface area contributed by atoms with Crippen molar-refractivity contribution in [2.24, 2.45) is 5.73 Å². The van der Waals surface area contributed by atoms with Gasteiger partial charge >= 0.3 is 0 Å². The van der Waals surface area contributed by atoms with Crippen LogP contribution >= 0.6 is 0 Å². The molecule has 0 aliphatic heterocycles. The summed E-state index contributed by atoms with van der Waals surface area (Å²) in [4.78, 5) is 0. The Kier molecular flexibility index (Phi) is 7.61. The van der Waals surface area contributed by atoms with Gasteiger partial charge < -0.3 is 19.9 Å². The van der Waals surface area contributed by atoms with Crippen molar-refractivity contribution in [3.05, 3.63) is 53.6 Å². The van der Waals surface area contributed by atoms with E-state index in [1.54, 1.807) is 14.2 Å². The van der Waals surface area contributed by atoms with Crippen LogP contribution < -0.4 is 19.9 Å². The van der Waals surface area contributed by atoms with Gasteiger partial charge in [-0.05, 0) is 48.7 Å². The largest absolute Gasteiger partial charge is 0.496 e. The maximum atomic E-state index is 6.06. The van der Waals surface area contributed by atoms with Crippen LogP contribution in [0.3, 0.4) is 0 Å². The van der Waals surface area contributed by atoms with E-state index in [1.165, 1.54) is 5.56 Å².